The molecule has 140 valence electrons. The molecule has 4 rings (SSSR count). The molecule has 1 N–H and O–H groups in total. The number of piperidine rings is 1. The first-order valence-corrected chi connectivity index (χ1v) is 10.5. The number of aromatic nitrogens is 1. The van der Waals surface area contributed by atoms with E-state index in [1.54, 1.807) is 6.07 Å². The predicted molar refractivity (Wildman–Crippen MR) is 113 cm³/mol. The van der Waals surface area contributed by atoms with Gasteiger partial charge in [0.25, 0.3) is 5.56 Å². The number of thioether (sulfide) groups is 1. The molecule has 3 heterocycles. The molecule has 0 radical (unpaired) electrons. The second-order valence-electron chi connectivity index (χ2n) is 7.07. The van der Waals surface area contributed by atoms with E-state index in [1.807, 2.05) is 41.0 Å². The lowest BCUT2D eigenvalue weighted by molar-refractivity contribution is -0.113. The van der Waals surface area contributed by atoms with Crippen molar-refractivity contribution in [3.8, 4) is 0 Å². The van der Waals surface area contributed by atoms with E-state index in [4.69, 9.17) is 12.2 Å². The zero-order chi connectivity index (χ0) is 18.8. The van der Waals surface area contributed by atoms with Crippen molar-refractivity contribution in [2.24, 2.45) is 5.92 Å². The van der Waals surface area contributed by atoms with Crippen molar-refractivity contribution in [2.45, 2.75) is 18.9 Å². The first kappa shape index (κ1) is 18.3. The van der Waals surface area contributed by atoms with Gasteiger partial charge in [0.05, 0.1) is 5.75 Å². The summed E-state index contributed by atoms with van der Waals surface area (Å²) in [5, 5.41) is 2.88. The highest BCUT2D eigenvalue weighted by molar-refractivity contribution is 8.23. The van der Waals surface area contributed by atoms with Gasteiger partial charge < -0.3 is 14.8 Å². The summed E-state index contributed by atoms with van der Waals surface area (Å²) in [5.74, 6) is 0.995. The summed E-state index contributed by atoms with van der Waals surface area (Å²) in [6.07, 6.45) is 1.10. The fourth-order valence-electron chi connectivity index (χ4n) is 3.98. The number of hydrogen-bond donors (Lipinski definition) is 1. The quantitative estimate of drug-likeness (QED) is 0.805. The van der Waals surface area contributed by atoms with Crippen molar-refractivity contribution in [1.82, 2.24) is 9.47 Å². The van der Waals surface area contributed by atoms with E-state index < -0.39 is 0 Å². The maximum Gasteiger partial charge on any atom is 0.250 e. The molecule has 1 fully saturated rings. The Hall–Kier alpha value is -2.12. The van der Waals surface area contributed by atoms with Crippen LogP contribution in [-0.4, -0.2) is 38.5 Å². The average Bonchev–Trinajstić information content (AvgIpc) is 2.67. The Morgan fingerprint density at radius 1 is 1.11 bits per heavy atom. The van der Waals surface area contributed by atoms with Crippen LogP contribution in [-0.2, 0) is 11.3 Å². The maximum atomic E-state index is 12.1. The number of thiocarbonyl (C=S) groups is 1. The summed E-state index contributed by atoms with van der Waals surface area (Å²) in [5.41, 5.74) is 1.99. The van der Waals surface area contributed by atoms with E-state index in [0.717, 1.165) is 41.8 Å². The smallest absolute Gasteiger partial charge is 0.250 e. The van der Waals surface area contributed by atoms with Gasteiger partial charge in [0.15, 0.2) is 0 Å². The van der Waals surface area contributed by atoms with Crippen molar-refractivity contribution in [3.05, 3.63) is 64.6 Å². The number of carbonyl (C=O) groups excluding carboxylic acids is 1. The van der Waals surface area contributed by atoms with E-state index in [1.165, 1.54) is 11.8 Å². The number of hydrogen-bond acceptors (Lipinski definition) is 4. The molecule has 1 saturated heterocycles. The van der Waals surface area contributed by atoms with Crippen LogP contribution in [0, 0.1) is 5.92 Å². The topological polar surface area (TPSA) is 54.3 Å². The third-order valence-corrected chi connectivity index (χ3v) is 6.65. The van der Waals surface area contributed by atoms with Crippen LogP contribution >= 0.6 is 24.0 Å². The molecule has 5 nitrogen and oxygen atoms in total. The standard InChI is InChI=1S/C20H21N3O2S2/c24-18(21-16-5-2-1-3-6-16)13-27-20(26)22-10-14-9-15(12-22)17-7-4-8-19(25)23(17)11-14/h1-8,14-15H,9-13H2,(H,21,24)/t14-,15+/m1/s1. The fourth-order valence-corrected chi connectivity index (χ4v) is 4.97. The van der Waals surface area contributed by atoms with Gasteiger partial charge in [-0.25, -0.2) is 0 Å². The number of benzene rings is 1. The third kappa shape index (κ3) is 4.09. The molecular weight excluding hydrogens is 378 g/mol. The number of fused-ring (bicyclic) bond motifs is 4. The van der Waals surface area contributed by atoms with Crippen molar-refractivity contribution in [2.75, 3.05) is 24.2 Å². The van der Waals surface area contributed by atoms with Crippen LogP contribution in [0.2, 0.25) is 0 Å². The van der Waals surface area contributed by atoms with E-state index in [0.29, 0.717) is 17.6 Å². The van der Waals surface area contributed by atoms with Crippen LogP contribution in [0.5, 0.6) is 0 Å². The van der Waals surface area contributed by atoms with Crippen LogP contribution in [0.25, 0.3) is 0 Å². The number of para-hydroxylation sites is 1. The number of likely N-dealkylation sites (tertiary alicyclic amines) is 1. The number of pyridine rings is 1. The van der Waals surface area contributed by atoms with Crippen LogP contribution < -0.4 is 10.9 Å². The molecule has 2 atom stereocenters. The van der Waals surface area contributed by atoms with Gasteiger partial charge in [0, 0.05) is 43.0 Å². The minimum absolute atomic E-state index is 0.0531. The highest BCUT2D eigenvalue weighted by Gasteiger charge is 2.35. The average molecular weight is 400 g/mol. The van der Waals surface area contributed by atoms with Gasteiger partial charge in [0.1, 0.15) is 4.32 Å². The van der Waals surface area contributed by atoms with Crippen molar-refractivity contribution >= 4 is 39.9 Å². The minimum Gasteiger partial charge on any atom is -0.356 e. The second kappa shape index (κ2) is 7.86. The largest absolute Gasteiger partial charge is 0.356 e. The Bertz CT molecular complexity index is 913. The number of rotatable bonds is 3. The van der Waals surface area contributed by atoms with Crippen LogP contribution in [0.1, 0.15) is 18.0 Å². The van der Waals surface area contributed by atoms with Gasteiger partial charge >= 0.3 is 0 Å². The van der Waals surface area contributed by atoms with Crippen molar-refractivity contribution in [1.29, 1.82) is 0 Å². The van der Waals surface area contributed by atoms with Gasteiger partial charge in [-0.2, -0.15) is 0 Å². The van der Waals surface area contributed by atoms with Crippen LogP contribution in [0.15, 0.2) is 53.3 Å². The number of nitrogens with zero attached hydrogens (tertiary/aromatic N) is 2. The molecule has 2 aromatic rings. The van der Waals surface area contributed by atoms with E-state index >= 15 is 0 Å². The Balaban J connectivity index is 1.35. The molecule has 1 aromatic carbocycles. The molecule has 0 saturated carbocycles. The number of anilines is 1. The lowest BCUT2D eigenvalue weighted by Crippen LogP contribution is -2.48. The Kier molecular flexibility index (Phi) is 5.31. The monoisotopic (exact) mass is 399 g/mol. The van der Waals surface area contributed by atoms with Gasteiger partial charge in [-0.3, -0.25) is 9.59 Å². The zero-order valence-corrected chi connectivity index (χ0v) is 16.5. The van der Waals surface area contributed by atoms with Gasteiger partial charge in [-0.15, -0.1) is 0 Å². The van der Waals surface area contributed by atoms with Crippen LogP contribution in [0.3, 0.4) is 0 Å². The first-order valence-electron chi connectivity index (χ1n) is 9.06. The minimum atomic E-state index is -0.0531. The van der Waals surface area contributed by atoms with E-state index in [9.17, 15) is 9.59 Å². The molecule has 1 amide bonds. The Labute approximate surface area is 167 Å². The molecule has 0 aliphatic carbocycles. The van der Waals surface area contributed by atoms with E-state index in [2.05, 4.69) is 16.3 Å². The number of nitrogens with one attached hydrogen (secondary N) is 1. The first-order chi connectivity index (χ1) is 13.1. The van der Waals surface area contributed by atoms with Gasteiger partial charge in [-0.05, 0) is 30.5 Å². The molecule has 0 spiro atoms. The van der Waals surface area contributed by atoms with E-state index in [-0.39, 0.29) is 11.5 Å². The SMILES string of the molecule is O=C(CSC(=S)N1C[C@H]2C[C@@H](C1)c1cccc(=O)n1C2)Nc1ccccc1. The normalized spacial score (nSPS) is 20.7. The number of carbonyl (C=O) groups is 1. The summed E-state index contributed by atoms with van der Waals surface area (Å²) in [6, 6.07) is 15.0. The number of amides is 1. The van der Waals surface area contributed by atoms with Gasteiger partial charge in [-0.1, -0.05) is 48.2 Å². The summed E-state index contributed by atoms with van der Waals surface area (Å²) in [6.45, 7) is 2.42. The lowest BCUT2D eigenvalue weighted by atomic mass is 9.83. The second-order valence-corrected chi connectivity index (χ2v) is 8.68. The van der Waals surface area contributed by atoms with Crippen molar-refractivity contribution in [3.63, 3.8) is 0 Å². The molecule has 27 heavy (non-hydrogen) atoms. The van der Waals surface area contributed by atoms with Crippen LogP contribution in [0.4, 0.5) is 5.69 Å². The summed E-state index contributed by atoms with van der Waals surface area (Å²) in [7, 11) is 0. The zero-order valence-electron chi connectivity index (χ0n) is 14.8. The third-order valence-electron chi connectivity index (χ3n) is 5.12. The highest BCUT2D eigenvalue weighted by Crippen LogP contribution is 2.35. The highest BCUT2D eigenvalue weighted by atomic mass is 32.2. The Morgan fingerprint density at radius 3 is 2.74 bits per heavy atom. The molecule has 1 aromatic heterocycles. The molecule has 2 bridgehead atoms. The summed E-state index contributed by atoms with van der Waals surface area (Å²) < 4.78 is 2.68. The molecule has 7 heteroatoms. The summed E-state index contributed by atoms with van der Waals surface area (Å²) in [4.78, 5) is 26.5. The lowest BCUT2D eigenvalue weighted by Gasteiger charge is -2.43. The molecule has 2 aliphatic rings. The molecule has 0 unspecified atom stereocenters. The molecular formula is C20H21N3O2S2. The summed E-state index contributed by atoms with van der Waals surface area (Å²) >= 11 is 7.01. The Morgan fingerprint density at radius 2 is 1.93 bits per heavy atom. The van der Waals surface area contributed by atoms with Crippen molar-refractivity contribution < 1.29 is 4.79 Å². The van der Waals surface area contributed by atoms with Gasteiger partial charge in [0.2, 0.25) is 5.91 Å². The predicted octanol–water partition coefficient (Wildman–Crippen LogP) is 2.92. The maximum absolute atomic E-state index is 12.1. The molecule has 2 aliphatic heterocycles. The fraction of sp³-hybridized carbons (Fsp3) is 0.350.